The van der Waals surface area contributed by atoms with Crippen molar-refractivity contribution in [1.29, 1.82) is 0 Å². The van der Waals surface area contributed by atoms with Crippen LogP contribution in [-0.2, 0) is 11.3 Å². The average Bonchev–Trinajstić information content (AvgIpc) is 3.42. The lowest BCUT2D eigenvalue weighted by Gasteiger charge is -2.13. The molecular formula is C37H33Cl2N3O4. The van der Waals surface area contributed by atoms with Crippen molar-refractivity contribution in [3.8, 4) is 28.1 Å². The molecule has 0 bridgehead atoms. The number of aromatic carboxylic acids is 1. The third-order valence-corrected chi connectivity index (χ3v) is 7.85. The van der Waals surface area contributed by atoms with E-state index in [0.29, 0.717) is 46.0 Å². The molecule has 5 rings (SSSR count). The zero-order valence-corrected chi connectivity index (χ0v) is 27.1. The van der Waals surface area contributed by atoms with Crippen molar-refractivity contribution in [3.63, 3.8) is 0 Å². The van der Waals surface area contributed by atoms with Crippen molar-refractivity contribution in [2.45, 2.75) is 26.8 Å². The summed E-state index contributed by atoms with van der Waals surface area (Å²) in [6, 6.07) is 25.9. The Balaban J connectivity index is 1.39. The summed E-state index contributed by atoms with van der Waals surface area (Å²) < 4.78 is 7.56. The van der Waals surface area contributed by atoms with Crippen molar-refractivity contribution >= 4 is 52.9 Å². The summed E-state index contributed by atoms with van der Waals surface area (Å²) in [5, 5.41) is 13.2. The summed E-state index contributed by atoms with van der Waals surface area (Å²) in [4.78, 5) is 28.5. The summed E-state index contributed by atoms with van der Waals surface area (Å²) in [6.45, 7) is 4.49. The molecule has 0 radical (unpaired) electrons. The maximum absolute atomic E-state index is 12.3. The van der Waals surface area contributed by atoms with Crippen molar-refractivity contribution in [2.75, 3.05) is 12.4 Å². The number of halogens is 2. The Kier molecular flexibility index (Phi) is 10.3. The monoisotopic (exact) mass is 653 g/mol. The number of methoxy groups -OCH3 is 1. The van der Waals surface area contributed by atoms with Gasteiger partial charge in [0.2, 0.25) is 5.91 Å². The number of anilines is 1. The number of aromatic nitrogens is 2. The van der Waals surface area contributed by atoms with Crippen molar-refractivity contribution in [3.05, 3.63) is 124 Å². The highest BCUT2D eigenvalue weighted by Crippen LogP contribution is 2.32. The summed E-state index contributed by atoms with van der Waals surface area (Å²) >= 11 is 12.6. The first-order chi connectivity index (χ1) is 22.1. The molecule has 0 unspecified atom stereocenters. The summed E-state index contributed by atoms with van der Waals surface area (Å²) in [5.74, 6) is 0.550. The first kappa shape index (κ1) is 32.5. The van der Waals surface area contributed by atoms with Crippen LogP contribution in [0.5, 0.6) is 5.75 Å². The minimum atomic E-state index is -0.967. The van der Waals surface area contributed by atoms with Crippen LogP contribution >= 0.6 is 23.2 Å². The minimum Gasteiger partial charge on any atom is -0.495 e. The van der Waals surface area contributed by atoms with Gasteiger partial charge in [0.1, 0.15) is 11.6 Å². The highest BCUT2D eigenvalue weighted by molar-refractivity contribution is 6.36. The van der Waals surface area contributed by atoms with Gasteiger partial charge in [-0.15, -0.1) is 0 Å². The molecule has 0 saturated carbocycles. The van der Waals surface area contributed by atoms with Crippen molar-refractivity contribution < 1.29 is 19.4 Å². The first-order valence-corrected chi connectivity index (χ1v) is 15.5. The van der Waals surface area contributed by atoms with Crippen molar-refractivity contribution in [2.24, 2.45) is 5.92 Å². The standard InChI is InChI=1S/C37H33Cl2N3O4/c1-23(2)18-36(43)41-32-16-13-28(19-34(32)46-3)26-9-4-24(5-10-26)8-17-35-40-33(30-15-14-29(38)20-31(30)39)22-42(35)21-25-6-11-27(12-7-25)37(44)45/h4-17,19-20,22-23H,18,21H2,1-3H3,(H,41,43)(H,44,45). The molecule has 9 heteroatoms. The lowest BCUT2D eigenvalue weighted by Crippen LogP contribution is -2.14. The predicted octanol–water partition coefficient (Wildman–Crippen LogP) is 9.43. The largest absolute Gasteiger partial charge is 0.495 e. The van der Waals surface area contributed by atoms with E-state index in [4.69, 9.17) is 32.9 Å². The number of carboxylic acid groups (broad SMARTS) is 1. The molecule has 0 aliphatic heterocycles. The van der Waals surface area contributed by atoms with E-state index in [1.807, 2.05) is 85.3 Å². The van der Waals surface area contributed by atoms with Gasteiger partial charge >= 0.3 is 5.97 Å². The molecule has 46 heavy (non-hydrogen) atoms. The number of benzene rings is 4. The quantitative estimate of drug-likeness (QED) is 0.148. The maximum atomic E-state index is 12.3. The van der Waals surface area contributed by atoms with Gasteiger partial charge in [0.15, 0.2) is 0 Å². The third kappa shape index (κ3) is 8.05. The van der Waals surface area contributed by atoms with E-state index in [1.54, 1.807) is 43.5 Å². The topological polar surface area (TPSA) is 93.5 Å². The molecule has 1 aromatic heterocycles. The SMILES string of the molecule is COc1cc(-c2ccc(C=Cc3nc(-c4ccc(Cl)cc4Cl)cn3Cc3ccc(C(=O)O)cc3)cc2)ccc1NC(=O)CC(C)C. The fraction of sp³-hybridized carbons (Fsp3) is 0.162. The van der Waals surface area contributed by atoms with Gasteiger partial charge in [0.05, 0.1) is 29.1 Å². The second-order valence-corrected chi connectivity index (χ2v) is 12.1. The molecule has 7 nitrogen and oxygen atoms in total. The molecule has 0 fully saturated rings. The Hall–Kier alpha value is -4.85. The highest BCUT2D eigenvalue weighted by Gasteiger charge is 2.13. The number of carbonyl (C=O) groups is 2. The smallest absolute Gasteiger partial charge is 0.335 e. The second kappa shape index (κ2) is 14.5. The van der Waals surface area contributed by atoms with Gasteiger partial charge in [-0.05, 0) is 76.7 Å². The van der Waals surface area contributed by atoms with Gasteiger partial charge in [-0.3, -0.25) is 4.79 Å². The van der Waals surface area contributed by atoms with Crippen LogP contribution in [0, 0.1) is 5.92 Å². The molecule has 0 aliphatic carbocycles. The zero-order valence-electron chi connectivity index (χ0n) is 25.6. The Labute approximate surface area is 278 Å². The molecule has 4 aromatic carbocycles. The number of carboxylic acids is 1. The molecule has 5 aromatic rings. The number of amides is 1. The molecule has 1 amide bonds. The Morgan fingerprint density at radius 2 is 1.65 bits per heavy atom. The van der Waals surface area contributed by atoms with Crippen LogP contribution < -0.4 is 10.1 Å². The van der Waals surface area contributed by atoms with E-state index in [2.05, 4.69) is 5.32 Å². The van der Waals surface area contributed by atoms with Crippen LogP contribution in [0.25, 0.3) is 34.5 Å². The summed E-state index contributed by atoms with van der Waals surface area (Å²) in [7, 11) is 1.59. The highest BCUT2D eigenvalue weighted by atomic mass is 35.5. The van der Waals surface area contributed by atoms with E-state index in [0.717, 1.165) is 27.8 Å². The number of nitrogens with one attached hydrogen (secondary N) is 1. The molecule has 0 aliphatic rings. The minimum absolute atomic E-state index is 0.0442. The van der Waals surface area contributed by atoms with Crippen molar-refractivity contribution in [1.82, 2.24) is 9.55 Å². The third-order valence-electron chi connectivity index (χ3n) is 7.31. The molecule has 1 heterocycles. The molecule has 0 atom stereocenters. The number of nitrogens with zero attached hydrogens (tertiary/aromatic N) is 2. The molecule has 234 valence electrons. The molecular weight excluding hydrogens is 621 g/mol. The Bertz CT molecular complexity index is 1900. The van der Waals surface area contributed by atoms with Gasteiger partial charge in [-0.1, -0.05) is 85.6 Å². The zero-order chi connectivity index (χ0) is 32.8. The number of hydrogen-bond donors (Lipinski definition) is 2. The van der Waals surface area contributed by atoms with Crippen LogP contribution in [0.15, 0.2) is 91.1 Å². The van der Waals surface area contributed by atoms with Crippen LogP contribution in [-0.4, -0.2) is 33.6 Å². The molecule has 0 spiro atoms. The van der Waals surface area contributed by atoms with Gasteiger partial charge in [0, 0.05) is 29.7 Å². The van der Waals surface area contributed by atoms with Crippen LogP contribution in [0.1, 0.15) is 47.6 Å². The Morgan fingerprint density at radius 3 is 2.30 bits per heavy atom. The number of hydrogen-bond acceptors (Lipinski definition) is 4. The van der Waals surface area contributed by atoms with Gasteiger partial charge in [-0.25, -0.2) is 9.78 Å². The van der Waals surface area contributed by atoms with Crippen LogP contribution in [0.2, 0.25) is 10.0 Å². The number of imidazole rings is 1. The lowest BCUT2D eigenvalue weighted by atomic mass is 10.0. The van der Waals surface area contributed by atoms with Gasteiger partial charge < -0.3 is 19.7 Å². The normalized spacial score (nSPS) is 11.3. The van der Waals surface area contributed by atoms with Crippen LogP contribution in [0.3, 0.4) is 0 Å². The summed E-state index contributed by atoms with van der Waals surface area (Å²) in [6.07, 6.45) is 6.28. The van der Waals surface area contributed by atoms with E-state index < -0.39 is 5.97 Å². The number of rotatable bonds is 11. The van der Waals surface area contributed by atoms with E-state index in [-0.39, 0.29) is 17.4 Å². The van der Waals surface area contributed by atoms with E-state index in [9.17, 15) is 14.7 Å². The lowest BCUT2D eigenvalue weighted by molar-refractivity contribution is -0.116. The molecule has 2 N–H and O–H groups in total. The first-order valence-electron chi connectivity index (χ1n) is 14.7. The number of ether oxygens (including phenoxy) is 1. The fourth-order valence-electron chi connectivity index (χ4n) is 4.97. The van der Waals surface area contributed by atoms with E-state index >= 15 is 0 Å². The Morgan fingerprint density at radius 1 is 0.935 bits per heavy atom. The maximum Gasteiger partial charge on any atom is 0.335 e. The van der Waals surface area contributed by atoms with Gasteiger partial charge in [0.25, 0.3) is 0 Å². The fourth-order valence-corrected chi connectivity index (χ4v) is 5.48. The van der Waals surface area contributed by atoms with Gasteiger partial charge in [-0.2, -0.15) is 0 Å². The predicted molar refractivity (Wildman–Crippen MR) is 186 cm³/mol. The second-order valence-electron chi connectivity index (χ2n) is 11.3. The average molecular weight is 655 g/mol. The summed E-state index contributed by atoms with van der Waals surface area (Å²) in [5.41, 5.74) is 6.18. The number of carbonyl (C=O) groups excluding carboxylic acids is 1. The molecule has 0 saturated heterocycles. The van der Waals surface area contributed by atoms with Crippen LogP contribution in [0.4, 0.5) is 5.69 Å². The van der Waals surface area contributed by atoms with E-state index in [1.165, 1.54) is 0 Å².